The molecule has 1 aromatic heterocycles. The van der Waals surface area contributed by atoms with Crippen molar-refractivity contribution in [3.05, 3.63) is 47.9 Å². The van der Waals surface area contributed by atoms with Crippen molar-refractivity contribution in [3.8, 4) is 11.6 Å². The fraction of sp³-hybridized carbons (Fsp3) is 0.389. The molecule has 126 valence electrons. The quantitative estimate of drug-likeness (QED) is 0.932. The molecule has 0 saturated carbocycles. The van der Waals surface area contributed by atoms with Crippen molar-refractivity contribution in [2.75, 3.05) is 19.6 Å². The average molecular weight is 326 g/mol. The van der Waals surface area contributed by atoms with Crippen LogP contribution in [0.15, 0.2) is 36.7 Å². The van der Waals surface area contributed by atoms with E-state index in [-0.39, 0.29) is 18.4 Å². The van der Waals surface area contributed by atoms with Gasteiger partial charge in [0, 0.05) is 31.4 Å². The van der Waals surface area contributed by atoms with E-state index >= 15 is 0 Å². The minimum atomic E-state index is -0.0235. The number of ether oxygens (including phenoxy) is 1. The van der Waals surface area contributed by atoms with Gasteiger partial charge in [0.2, 0.25) is 11.8 Å². The Hall–Kier alpha value is -2.47. The lowest BCUT2D eigenvalue weighted by Gasteiger charge is -2.32. The summed E-state index contributed by atoms with van der Waals surface area (Å²) in [6.45, 7) is 3.43. The zero-order valence-electron chi connectivity index (χ0n) is 13.8. The second kappa shape index (κ2) is 7.40. The molecule has 6 heteroatoms. The van der Waals surface area contributed by atoms with Gasteiger partial charge in [0.15, 0.2) is 0 Å². The summed E-state index contributed by atoms with van der Waals surface area (Å²) in [6.07, 6.45) is 5.17. The zero-order chi connectivity index (χ0) is 16.9. The standard InChI is InChI=1S/C18H22N4O2/c1-13-4-6-15(7-5-13)24-18-17(20-8-9-21-18)14-3-2-10-22(12-14)16(23)11-19/h4-9,14H,2-3,10-12,19H2,1H3. The highest BCUT2D eigenvalue weighted by atomic mass is 16.5. The van der Waals surface area contributed by atoms with Gasteiger partial charge >= 0.3 is 0 Å². The molecule has 1 saturated heterocycles. The Balaban J connectivity index is 1.80. The fourth-order valence-corrected chi connectivity index (χ4v) is 2.97. The summed E-state index contributed by atoms with van der Waals surface area (Å²) in [5, 5.41) is 0. The summed E-state index contributed by atoms with van der Waals surface area (Å²) >= 11 is 0. The van der Waals surface area contributed by atoms with Crippen LogP contribution in [0.1, 0.15) is 30.0 Å². The van der Waals surface area contributed by atoms with Gasteiger partial charge in [-0.2, -0.15) is 0 Å². The molecule has 3 rings (SSSR count). The summed E-state index contributed by atoms with van der Waals surface area (Å²) in [6, 6.07) is 7.82. The molecule has 2 heterocycles. The molecule has 2 aromatic rings. The van der Waals surface area contributed by atoms with Gasteiger partial charge in [0.25, 0.3) is 0 Å². The van der Waals surface area contributed by atoms with Crippen LogP contribution < -0.4 is 10.5 Å². The van der Waals surface area contributed by atoms with Crippen LogP contribution in [0.25, 0.3) is 0 Å². The molecule has 1 fully saturated rings. The highest BCUT2D eigenvalue weighted by molar-refractivity contribution is 5.78. The first-order valence-corrected chi connectivity index (χ1v) is 8.20. The Labute approximate surface area is 141 Å². The Morgan fingerprint density at radius 2 is 2.04 bits per heavy atom. The molecule has 1 aliphatic heterocycles. The normalized spacial score (nSPS) is 17.6. The molecule has 0 aliphatic carbocycles. The van der Waals surface area contributed by atoms with Gasteiger partial charge in [-0.1, -0.05) is 17.7 Å². The fourth-order valence-electron chi connectivity index (χ4n) is 2.97. The number of nitrogens with zero attached hydrogens (tertiary/aromatic N) is 3. The van der Waals surface area contributed by atoms with Gasteiger partial charge in [0.1, 0.15) is 11.4 Å². The Morgan fingerprint density at radius 3 is 2.79 bits per heavy atom. The number of benzene rings is 1. The van der Waals surface area contributed by atoms with Crippen LogP contribution in [0.4, 0.5) is 0 Å². The van der Waals surface area contributed by atoms with Gasteiger partial charge in [-0.25, -0.2) is 4.98 Å². The maximum absolute atomic E-state index is 11.9. The third kappa shape index (κ3) is 3.71. The number of aromatic nitrogens is 2. The summed E-state index contributed by atoms with van der Waals surface area (Å²) in [5.74, 6) is 1.33. The summed E-state index contributed by atoms with van der Waals surface area (Å²) in [7, 11) is 0. The topological polar surface area (TPSA) is 81.3 Å². The van der Waals surface area contributed by atoms with Crippen LogP contribution in [0.2, 0.25) is 0 Å². The molecule has 0 bridgehead atoms. The van der Waals surface area contributed by atoms with Crippen LogP contribution in [-0.4, -0.2) is 40.4 Å². The van der Waals surface area contributed by atoms with E-state index in [1.165, 1.54) is 5.56 Å². The number of amides is 1. The lowest BCUT2D eigenvalue weighted by molar-refractivity contribution is -0.130. The molecule has 1 aromatic carbocycles. The van der Waals surface area contributed by atoms with E-state index in [1.807, 2.05) is 31.2 Å². The predicted octanol–water partition coefficient (Wildman–Crippen LogP) is 2.24. The molecule has 6 nitrogen and oxygen atoms in total. The molecule has 1 aliphatic rings. The lowest BCUT2D eigenvalue weighted by Crippen LogP contribution is -2.42. The first-order chi connectivity index (χ1) is 11.7. The third-order valence-electron chi connectivity index (χ3n) is 4.26. The smallest absolute Gasteiger partial charge is 0.241 e. The van der Waals surface area contributed by atoms with Crippen molar-refractivity contribution in [1.82, 2.24) is 14.9 Å². The maximum Gasteiger partial charge on any atom is 0.241 e. The van der Waals surface area contributed by atoms with Crippen molar-refractivity contribution in [3.63, 3.8) is 0 Å². The Kier molecular flexibility index (Phi) is 5.05. The van der Waals surface area contributed by atoms with Crippen LogP contribution in [0.3, 0.4) is 0 Å². The summed E-state index contributed by atoms with van der Waals surface area (Å²) < 4.78 is 5.94. The third-order valence-corrected chi connectivity index (χ3v) is 4.26. The molecule has 2 N–H and O–H groups in total. The molecule has 1 unspecified atom stereocenters. The highest BCUT2D eigenvalue weighted by Crippen LogP contribution is 2.32. The maximum atomic E-state index is 11.9. The lowest BCUT2D eigenvalue weighted by atomic mass is 9.94. The largest absolute Gasteiger partial charge is 0.437 e. The molecular weight excluding hydrogens is 304 g/mol. The number of likely N-dealkylation sites (tertiary alicyclic amines) is 1. The number of rotatable bonds is 4. The van der Waals surface area contributed by atoms with Gasteiger partial charge < -0.3 is 15.4 Å². The number of hydrogen-bond acceptors (Lipinski definition) is 5. The zero-order valence-corrected chi connectivity index (χ0v) is 13.8. The molecule has 0 spiro atoms. The van der Waals surface area contributed by atoms with Crippen molar-refractivity contribution in [1.29, 1.82) is 0 Å². The van der Waals surface area contributed by atoms with E-state index in [2.05, 4.69) is 9.97 Å². The number of aryl methyl sites for hydroxylation is 1. The number of hydrogen-bond donors (Lipinski definition) is 1. The van der Waals surface area contributed by atoms with E-state index < -0.39 is 0 Å². The van der Waals surface area contributed by atoms with Crippen LogP contribution >= 0.6 is 0 Å². The minimum absolute atomic E-state index is 0.0235. The first-order valence-electron chi connectivity index (χ1n) is 8.20. The van der Waals surface area contributed by atoms with E-state index in [0.717, 1.165) is 30.8 Å². The second-order valence-corrected chi connectivity index (χ2v) is 6.04. The monoisotopic (exact) mass is 326 g/mol. The summed E-state index contributed by atoms with van der Waals surface area (Å²) in [4.78, 5) is 22.5. The van der Waals surface area contributed by atoms with Gasteiger partial charge in [0.05, 0.1) is 6.54 Å². The molecule has 24 heavy (non-hydrogen) atoms. The SMILES string of the molecule is Cc1ccc(Oc2nccnc2C2CCCN(C(=O)CN)C2)cc1. The minimum Gasteiger partial charge on any atom is -0.437 e. The second-order valence-electron chi connectivity index (χ2n) is 6.04. The Bertz CT molecular complexity index is 702. The first kappa shape index (κ1) is 16.4. The summed E-state index contributed by atoms with van der Waals surface area (Å²) in [5.41, 5.74) is 7.46. The average Bonchev–Trinajstić information content (AvgIpc) is 2.63. The van der Waals surface area contributed by atoms with Crippen LogP contribution in [-0.2, 0) is 4.79 Å². The number of piperidine rings is 1. The van der Waals surface area contributed by atoms with Crippen molar-refractivity contribution >= 4 is 5.91 Å². The van der Waals surface area contributed by atoms with Gasteiger partial charge in [-0.05, 0) is 31.9 Å². The number of nitrogens with two attached hydrogens (primary N) is 1. The van der Waals surface area contributed by atoms with Crippen molar-refractivity contribution < 1.29 is 9.53 Å². The van der Waals surface area contributed by atoms with E-state index in [0.29, 0.717) is 12.4 Å². The molecular formula is C18H22N4O2. The van der Waals surface area contributed by atoms with Gasteiger partial charge in [-0.15, -0.1) is 0 Å². The number of carbonyl (C=O) groups is 1. The Morgan fingerprint density at radius 1 is 1.29 bits per heavy atom. The van der Waals surface area contributed by atoms with Crippen molar-refractivity contribution in [2.24, 2.45) is 5.73 Å². The molecule has 0 radical (unpaired) electrons. The van der Waals surface area contributed by atoms with E-state index in [1.54, 1.807) is 17.3 Å². The highest BCUT2D eigenvalue weighted by Gasteiger charge is 2.27. The molecule has 1 atom stereocenters. The molecule has 1 amide bonds. The van der Waals surface area contributed by atoms with E-state index in [9.17, 15) is 4.79 Å². The van der Waals surface area contributed by atoms with Crippen LogP contribution in [0.5, 0.6) is 11.6 Å². The number of carbonyl (C=O) groups excluding carboxylic acids is 1. The van der Waals surface area contributed by atoms with Gasteiger partial charge in [-0.3, -0.25) is 9.78 Å². The van der Waals surface area contributed by atoms with Crippen molar-refractivity contribution in [2.45, 2.75) is 25.7 Å². The van der Waals surface area contributed by atoms with Crippen LogP contribution in [0, 0.1) is 6.92 Å². The van der Waals surface area contributed by atoms with E-state index in [4.69, 9.17) is 10.5 Å². The predicted molar refractivity (Wildman–Crippen MR) is 90.9 cm³/mol.